The quantitative estimate of drug-likeness (QED) is 0.440. The molecule has 9 nitrogen and oxygen atoms in total. The second kappa shape index (κ2) is 8.28. The van der Waals surface area contributed by atoms with E-state index in [4.69, 9.17) is 22.1 Å². The molecule has 1 unspecified atom stereocenters. The number of ether oxygens (including phenoxy) is 1. The Kier molecular flexibility index (Phi) is 6.09. The normalized spacial score (nSPS) is 11.3. The molecule has 0 saturated heterocycles. The number of halogens is 1. The average Bonchev–Trinajstić information content (AvgIpc) is 2.62. The van der Waals surface area contributed by atoms with Gasteiger partial charge in [0.05, 0.1) is 10.5 Å². The maximum Gasteiger partial charge on any atom is 0.339 e. The molecule has 2 rings (SSSR count). The van der Waals surface area contributed by atoms with Crippen LogP contribution in [-0.2, 0) is 9.53 Å². The fraction of sp³-hybridized carbons (Fsp3) is 0.118. The van der Waals surface area contributed by atoms with E-state index < -0.39 is 34.5 Å². The fourth-order valence-corrected chi connectivity index (χ4v) is 2.21. The van der Waals surface area contributed by atoms with Crippen LogP contribution in [0.1, 0.15) is 27.6 Å². The lowest BCUT2D eigenvalue weighted by Crippen LogP contribution is -2.30. The predicted octanol–water partition coefficient (Wildman–Crippen LogP) is 2.53. The highest BCUT2D eigenvalue weighted by atomic mass is 35.5. The number of nitrogens with zero attached hydrogens (tertiary/aromatic N) is 1. The first-order valence-electron chi connectivity index (χ1n) is 7.54. The van der Waals surface area contributed by atoms with Gasteiger partial charge < -0.3 is 15.8 Å². The van der Waals surface area contributed by atoms with Crippen LogP contribution in [0.25, 0.3) is 0 Å². The second-order valence-electron chi connectivity index (χ2n) is 5.40. The summed E-state index contributed by atoms with van der Waals surface area (Å²) in [5.74, 6) is -2.15. The van der Waals surface area contributed by atoms with Crippen molar-refractivity contribution < 1.29 is 24.0 Å². The number of esters is 1. The Morgan fingerprint density at radius 1 is 1.15 bits per heavy atom. The number of anilines is 1. The Labute approximate surface area is 158 Å². The van der Waals surface area contributed by atoms with Crippen LogP contribution in [-0.4, -0.2) is 28.8 Å². The van der Waals surface area contributed by atoms with Crippen LogP contribution in [0.5, 0.6) is 0 Å². The summed E-state index contributed by atoms with van der Waals surface area (Å²) < 4.78 is 5.02. The highest BCUT2D eigenvalue weighted by molar-refractivity contribution is 6.32. The molecule has 2 amide bonds. The number of carbonyl (C=O) groups excluding carboxylic acids is 3. The van der Waals surface area contributed by atoms with Crippen molar-refractivity contribution in [1.82, 2.24) is 0 Å². The van der Waals surface area contributed by atoms with Gasteiger partial charge in [0.2, 0.25) is 5.91 Å². The minimum absolute atomic E-state index is 0.114. The van der Waals surface area contributed by atoms with Gasteiger partial charge in [-0.1, -0.05) is 11.6 Å². The van der Waals surface area contributed by atoms with Gasteiger partial charge in [-0.25, -0.2) is 4.79 Å². The summed E-state index contributed by atoms with van der Waals surface area (Å²) in [6.07, 6.45) is -1.18. The van der Waals surface area contributed by atoms with Crippen LogP contribution in [0.4, 0.5) is 11.4 Å². The lowest BCUT2D eigenvalue weighted by molar-refractivity contribution is -0.384. The minimum Gasteiger partial charge on any atom is -0.449 e. The Bertz CT molecular complexity index is 913. The number of rotatable bonds is 6. The molecule has 0 aromatic heterocycles. The van der Waals surface area contributed by atoms with E-state index in [1.807, 2.05) is 0 Å². The molecule has 10 heteroatoms. The van der Waals surface area contributed by atoms with E-state index >= 15 is 0 Å². The second-order valence-corrected chi connectivity index (χ2v) is 5.81. The van der Waals surface area contributed by atoms with Gasteiger partial charge in [-0.15, -0.1) is 0 Å². The molecule has 3 N–H and O–H groups in total. The number of hydrogen-bond donors (Lipinski definition) is 2. The van der Waals surface area contributed by atoms with E-state index in [9.17, 15) is 24.5 Å². The summed E-state index contributed by atoms with van der Waals surface area (Å²) in [5.41, 5.74) is 5.21. The fourth-order valence-electron chi connectivity index (χ4n) is 2.02. The van der Waals surface area contributed by atoms with Gasteiger partial charge in [-0.05, 0) is 43.3 Å². The topological polar surface area (TPSA) is 142 Å². The average molecular weight is 392 g/mol. The number of primary amides is 1. The van der Waals surface area contributed by atoms with Crippen molar-refractivity contribution in [3.8, 4) is 0 Å². The third-order valence-electron chi connectivity index (χ3n) is 3.47. The SMILES string of the molecule is CC(OC(=O)c1ccc(Cl)c([N+](=O)[O-])c1)C(=O)Nc1ccc(C(N)=O)cc1. The van der Waals surface area contributed by atoms with Gasteiger partial charge in [-0.2, -0.15) is 0 Å². The molecule has 0 bridgehead atoms. The maximum absolute atomic E-state index is 12.1. The van der Waals surface area contributed by atoms with Crippen LogP contribution in [0.2, 0.25) is 5.02 Å². The lowest BCUT2D eigenvalue weighted by atomic mass is 10.2. The number of hydrogen-bond acceptors (Lipinski definition) is 6. The van der Waals surface area contributed by atoms with E-state index in [1.54, 1.807) is 0 Å². The van der Waals surface area contributed by atoms with Crippen LogP contribution < -0.4 is 11.1 Å². The first kappa shape index (κ1) is 19.9. The van der Waals surface area contributed by atoms with Crippen molar-refractivity contribution in [2.75, 3.05) is 5.32 Å². The largest absolute Gasteiger partial charge is 0.449 e. The van der Waals surface area contributed by atoms with Gasteiger partial charge in [0.25, 0.3) is 11.6 Å². The third-order valence-corrected chi connectivity index (χ3v) is 3.79. The van der Waals surface area contributed by atoms with Crippen molar-refractivity contribution in [2.24, 2.45) is 5.73 Å². The molecule has 0 saturated carbocycles. The Morgan fingerprint density at radius 3 is 2.30 bits per heavy atom. The number of carbonyl (C=O) groups is 3. The van der Waals surface area contributed by atoms with E-state index in [2.05, 4.69) is 5.32 Å². The van der Waals surface area contributed by atoms with E-state index in [1.165, 1.54) is 43.3 Å². The molecule has 0 radical (unpaired) electrons. The van der Waals surface area contributed by atoms with E-state index in [-0.39, 0.29) is 16.1 Å². The van der Waals surface area contributed by atoms with Gasteiger partial charge in [-0.3, -0.25) is 19.7 Å². The van der Waals surface area contributed by atoms with E-state index in [0.717, 1.165) is 6.07 Å². The molecule has 140 valence electrons. The smallest absolute Gasteiger partial charge is 0.339 e. The summed E-state index contributed by atoms with van der Waals surface area (Å²) in [7, 11) is 0. The van der Waals surface area contributed by atoms with Crippen molar-refractivity contribution in [3.63, 3.8) is 0 Å². The van der Waals surface area contributed by atoms with Gasteiger partial charge in [0, 0.05) is 17.3 Å². The van der Waals surface area contributed by atoms with Crippen LogP contribution >= 0.6 is 11.6 Å². The van der Waals surface area contributed by atoms with Crippen molar-refractivity contribution in [2.45, 2.75) is 13.0 Å². The van der Waals surface area contributed by atoms with Gasteiger partial charge in [0.1, 0.15) is 5.02 Å². The first-order chi connectivity index (χ1) is 12.7. The highest BCUT2D eigenvalue weighted by Gasteiger charge is 2.22. The Morgan fingerprint density at radius 2 is 1.74 bits per heavy atom. The molecule has 0 fully saturated rings. The number of amides is 2. The molecule has 0 aliphatic heterocycles. The zero-order valence-electron chi connectivity index (χ0n) is 14.0. The molecule has 0 heterocycles. The molecule has 27 heavy (non-hydrogen) atoms. The third kappa shape index (κ3) is 5.02. The van der Waals surface area contributed by atoms with Crippen LogP contribution in [0.3, 0.4) is 0 Å². The highest BCUT2D eigenvalue weighted by Crippen LogP contribution is 2.25. The summed E-state index contributed by atoms with van der Waals surface area (Å²) in [6.45, 7) is 1.34. The number of nitro groups is 1. The molecule has 0 aliphatic carbocycles. The first-order valence-corrected chi connectivity index (χ1v) is 7.92. The summed E-state index contributed by atoms with van der Waals surface area (Å²) in [5, 5.41) is 13.3. The van der Waals surface area contributed by atoms with Gasteiger partial charge in [0.15, 0.2) is 6.10 Å². The Hall–Kier alpha value is -3.46. The number of nitro benzene ring substituents is 1. The monoisotopic (exact) mass is 391 g/mol. The summed E-state index contributed by atoms with van der Waals surface area (Å²) in [6, 6.07) is 9.22. The minimum atomic E-state index is -1.18. The molecule has 0 spiro atoms. The number of nitrogens with two attached hydrogens (primary N) is 1. The zero-order chi connectivity index (χ0) is 20.1. The van der Waals surface area contributed by atoms with Crippen LogP contribution in [0, 0.1) is 10.1 Å². The van der Waals surface area contributed by atoms with Gasteiger partial charge >= 0.3 is 5.97 Å². The van der Waals surface area contributed by atoms with Crippen molar-refractivity contribution in [3.05, 3.63) is 68.7 Å². The Balaban J connectivity index is 2.03. The lowest BCUT2D eigenvalue weighted by Gasteiger charge is -2.13. The summed E-state index contributed by atoms with van der Waals surface area (Å²) in [4.78, 5) is 45.4. The molecule has 0 aliphatic rings. The van der Waals surface area contributed by atoms with Crippen LogP contribution in [0.15, 0.2) is 42.5 Å². The number of benzene rings is 2. The molecule has 2 aromatic carbocycles. The maximum atomic E-state index is 12.1. The standard InChI is InChI=1S/C17H14ClN3O6/c1-9(16(23)20-12-5-2-10(3-6-12)15(19)22)27-17(24)11-4-7-13(18)14(8-11)21(25)26/h2-9H,1H3,(H2,19,22)(H,20,23). The molecule has 1 atom stereocenters. The van der Waals surface area contributed by atoms with Crippen molar-refractivity contribution >= 4 is 40.8 Å². The molecular weight excluding hydrogens is 378 g/mol. The van der Waals surface area contributed by atoms with Crippen molar-refractivity contribution in [1.29, 1.82) is 0 Å². The predicted molar refractivity (Wildman–Crippen MR) is 96.6 cm³/mol. The zero-order valence-corrected chi connectivity index (χ0v) is 14.7. The summed E-state index contributed by atoms with van der Waals surface area (Å²) >= 11 is 5.69. The molecule has 2 aromatic rings. The van der Waals surface area contributed by atoms with E-state index in [0.29, 0.717) is 5.69 Å². The molecular formula is C17H14ClN3O6. The number of nitrogens with one attached hydrogen (secondary N) is 1.